The van der Waals surface area contributed by atoms with Crippen LogP contribution in [0.15, 0.2) is 53.4 Å². The molecule has 0 unspecified atom stereocenters. The molecular formula is C16H19N3O4S. The monoisotopic (exact) mass is 349 g/mol. The molecular weight excluding hydrogens is 330 g/mol. The molecule has 7 nitrogen and oxygen atoms in total. The molecule has 0 saturated heterocycles. The van der Waals surface area contributed by atoms with E-state index in [1.165, 1.54) is 18.2 Å². The van der Waals surface area contributed by atoms with Crippen LogP contribution in [0.5, 0.6) is 0 Å². The average molecular weight is 349 g/mol. The Balaban J connectivity index is 2.09. The minimum Gasteiger partial charge on any atom is -0.381 e. The summed E-state index contributed by atoms with van der Waals surface area (Å²) < 4.78 is 26.6. The van der Waals surface area contributed by atoms with Crippen LogP contribution in [-0.2, 0) is 16.6 Å². The molecule has 128 valence electrons. The third-order valence-corrected chi connectivity index (χ3v) is 4.90. The van der Waals surface area contributed by atoms with Gasteiger partial charge in [-0.15, -0.1) is 0 Å². The summed E-state index contributed by atoms with van der Waals surface area (Å²) in [6.45, 7) is 3.77. The van der Waals surface area contributed by atoms with Crippen molar-refractivity contribution in [1.29, 1.82) is 0 Å². The van der Waals surface area contributed by atoms with Gasteiger partial charge in [0.2, 0.25) is 10.0 Å². The molecule has 0 fully saturated rings. The van der Waals surface area contributed by atoms with Crippen LogP contribution in [0, 0.1) is 10.1 Å². The zero-order chi connectivity index (χ0) is 17.7. The maximum atomic E-state index is 12.0. The summed E-state index contributed by atoms with van der Waals surface area (Å²) >= 11 is 0. The zero-order valence-corrected chi connectivity index (χ0v) is 14.2. The lowest BCUT2D eigenvalue weighted by Gasteiger charge is -2.11. The van der Waals surface area contributed by atoms with Gasteiger partial charge >= 0.3 is 0 Å². The molecule has 0 amide bonds. The van der Waals surface area contributed by atoms with E-state index in [4.69, 9.17) is 0 Å². The van der Waals surface area contributed by atoms with Crippen molar-refractivity contribution in [1.82, 2.24) is 4.72 Å². The number of hydrogen-bond donors (Lipinski definition) is 2. The number of para-hydroxylation sites is 1. The number of nitro groups is 1. The fourth-order valence-electron chi connectivity index (χ4n) is 2.17. The van der Waals surface area contributed by atoms with E-state index in [-0.39, 0.29) is 23.2 Å². The summed E-state index contributed by atoms with van der Waals surface area (Å²) in [6.07, 6.45) is 0. The van der Waals surface area contributed by atoms with Crippen molar-refractivity contribution >= 4 is 21.4 Å². The van der Waals surface area contributed by atoms with E-state index >= 15 is 0 Å². The van der Waals surface area contributed by atoms with Crippen LogP contribution in [0.3, 0.4) is 0 Å². The summed E-state index contributed by atoms with van der Waals surface area (Å²) in [5, 5.41) is 14.0. The van der Waals surface area contributed by atoms with Gasteiger partial charge in [0.05, 0.1) is 9.82 Å². The first-order valence-electron chi connectivity index (χ1n) is 7.38. The number of nitrogens with one attached hydrogen (secondary N) is 2. The van der Waals surface area contributed by atoms with E-state index in [2.05, 4.69) is 10.0 Å². The topological polar surface area (TPSA) is 101 Å². The van der Waals surface area contributed by atoms with E-state index in [1.807, 2.05) is 0 Å². The van der Waals surface area contributed by atoms with Crippen molar-refractivity contribution in [2.24, 2.45) is 0 Å². The molecule has 0 radical (unpaired) electrons. The second kappa shape index (κ2) is 7.41. The summed E-state index contributed by atoms with van der Waals surface area (Å²) in [5.41, 5.74) is 1.28. The first kappa shape index (κ1) is 17.9. The van der Waals surface area contributed by atoms with E-state index in [1.54, 1.807) is 44.2 Å². The number of nitro benzene ring substituents is 1. The first-order valence-corrected chi connectivity index (χ1v) is 8.86. The van der Waals surface area contributed by atoms with Gasteiger partial charge in [0.15, 0.2) is 0 Å². The summed E-state index contributed by atoms with van der Waals surface area (Å²) in [5.74, 6) is 0. The van der Waals surface area contributed by atoms with Crippen LogP contribution in [0.25, 0.3) is 0 Å². The molecule has 8 heteroatoms. The van der Waals surface area contributed by atoms with Crippen molar-refractivity contribution in [2.45, 2.75) is 31.3 Å². The Kier molecular flexibility index (Phi) is 5.53. The molecule has 0 bridgehead atoms. The highest BCUT2D eigenvalue weighted by atomic mass is 32.2. The largest absolute Gasteiger partial charge is 0.381 e. The molecule has 0 heterocycles. The summed E-state index contributed by atoms with van der Waals surface area (Å²) in [7, 11) is -3.53. The quantitative estimate of drug-likeness (QED) is 0.591. The van der Waals surface area contributed by atoms with Gasteiger partial charge in [-0.2, -0.15) is 0 Å². The van der Waals surface area contributed by atoms with E-state index < -0.39 is 14.9 Å². The molecule has 0 spiro atoms. The van der Waals surface area contributed by atoms with Gasteiger partial charge in [-0.05, 0) is 38.1 Å². The molecule has 0 aliphatic rings. The van der Waals surface area contributed by atoms with Crippen LogP contribution in [0.2, 0.25) is 0 Å². The highest BCUT2D eigenvalue weighted by molar-refractivity contribution is 7.89. The lowest BCUT2D eigenvalue weighted by molar-refractivity contribution is -0.385. The predicted molar refractivity (Wildman–Crippen MR) is 92.3 cm³/mol. The smallest absolute Gasteiger partial charge is 0.274 e. The van der Waals surface area contributed by atoms with Crippen molar-refractivity contribution in [2.75, 3.05) is 5.32 Å². The second-order valence-corrected chi connectivity index (χ2v) is 7.25. The maximum absolute atomic E-state index is 12.0. The van der Waals surface area contributed by atoms with Crippen LogP contribution in [-0.4, -0.2) is 19.4 Å². The standard InChI is InChI=1S/C16H19N3O4S/c1-12(2)18-24(22,23)15-9-7-14(8-10-15)17-11-13-5-3-4-6-16(13)19(20)21/h3-10,12,17-18H,11H2,1-2H3. The van der Waals surface area contributed by atoms with Crippen molar-refractivity contribution < 1.29 is 13.3 Å². The van der Waals surface area contributed by atoms with Crippen molar-refractivity contribution in [3.63, 3.8) is 0 Å². The van der Waals surface area contributed by atoms with Gasteiger partial charge in [-0.3, -0.25) is 10.1 Å². The van der Waals surface area contributed by atoms with E-state index in [0.717, 1.165) is 0 Å². The Morgan fingerprint density at radius 2 is 1.71 bits per heavy atom. The highest BCUT2D eigenvalue weighted by Crippen LogP contribution is 2.20. The third-order valence-electron chi connectivity index (χ3n) is 3.23. The van der Waals surface area contributed by atoms with Gasteiger partial charge in [-0.1, -0.05) is 18.2 Å². The first-order chi connectivity index (χ1) is 11.3. The number of anilines is 1. The summed E-state index contributed by atoms with van der Waals surface area (Å²) in [4.78, 5) is 10.7. The molecule has 24 heavy (non-hydrogen) atoms. The summed E-state index contributed by atoms with van der Waals surface area (Å²) in [6, 6.07) is 12.5. The Hall–Kier alpha value is -2.45. The molecule has 0 aliphatic heterocycles. The number of hydrogen-bond acceptors (Lipinski definition) is 5. The molecule has 2 aromatic carbocycles. The van der Waals surface area contributed by atoms with Crippen molar-refractivity contribution in [3.8, 4) is 0 Å². The highest BCUT2D eigenvalue weighted by Gasteiger charge is 2.15. The molecule has 0 aromatic heterocycles. The van der Waals surface area contributed by atoms with E-state index in [0.29, 0.717) is 11.3 Å². The van der Waals surface area contributed by atoms with Crippen LogP contribution < -0.4 is 10.0 Å². The van der Waals surface area contributed by atoms with Crippen LogP contribution >= 0.6 is 0 Å². The molecule has 2 rings (SSSR count). The number of sulfonamides is 1. The van der Waals surface area contributed by atoms with Gasteiger partial charge < -0.3 is 5.32 Å². The number of rotatable bonds is 7. The maximum Gasteiger partial charge on any atom is 0.274 e. The average Bonchev–Trinajstić information content (AvgIpc) is 2.52. The lowest BCUT2D eigenvalue weighted by Crippen LogP contribution is -2.30. The Bertz CT molecular complexity index is 817. The minimum absolute atomic E-state index is 0.0466. The predicted octanol–water partition coefficient (Wildman–Crippen LogP) is 2.89. The van der Waals surface area contributed by atoms with Gasteiger partial charge in [0, 0.05) is 29.9 Å². The number of benzene rings is 2. The molecule has 0 atom stereocenters. The van der Waals surface area contributed by atoms with Crippen molar-refractivity contribution in [3.05, 3.63) is 64.2 Å². The van der Waals surface area contributed by atoms with Gasteiger partial charge in [-0.25, -0.2) is 13.1 Å². The molecule has 0 saturated carbocycles. The third kappa shape index (κ3) is 4.53. The Morgan fingerprint density at radius 1 is 1.08 bits per heavy atom. The van der Waals surface area contributed by atoms with Gasteiger partial charge in [0.25, 0.3) is 5.69 Å². The normalized spacial score (nSPS) is 11.5. The fourth-order valence-corrected chi connectivity index (χ4v) is 3.42. The Labute approximate surface area is 140 Å². The Morgan fingerprint density at radius 3 is 2.29 bits per heavy atom. The molecule has 2 aromatic rings. The SMILES string of the molecule is CC(C)NS(=O)(=O)c1ccc(NCc2ccccc2[N+](=O)[O-])cc1. The molecule has 0 aliphatic carbocycles. The zero-order valence-electron chi connectivity index (χ0n) is 13.4. The van der Waals surface area contributed by atoms with Crippen LogP contribution in [0.4, 0.5) is 11.4 Å². The number of nitrogens with zero attached hydrogens (tertiary/aromatic N) is 1. The van der Waals surface area contributed by atoms with Gasteiger partial charge in [0.1, 0.15) is 0 Å². The fraction of sp³-hybridized carbons (Fsp3) is 0.250. The van der Waals surface area contributed by atoms with Crippen LogP contribution in [0.1, 0.15) is 19.4 Å². The second-order valence-electron chi connectivity index (χ2n) is 5.54. The minimum atomic E-state index is -3.53. The molecule has 2 N–H and O–H groups in total. The van der Waals surface area contributed by atoms with E-state index in [9.17, 15) is 18.5 Å². The lowest BCUT2D eigenvalue weighted by atomic mass is 10.2.